The Morgan fingerprint density at radius 1 is 0.536 bits per heavy atom. The Morgan fingerprint density at radius 3 is 1.29 bits per heavy atom. The van der Waals surface area contributed by atoms with Gasteiger partial charge in [-0.25, -0.2) is 26.8 Å². The van der Waals surface area contributed by atoms with Crippen molar-refractivity contribution in [2.45, 2.75) is 232 Å². The number of sulfonamides is 2. The van der Waals surface area contributed by atoms with Gasteiger partial charge in [-0.2, -0.15) is 0 Å². The number of nitrogens with one attached hydrogen (secondary N) is 2. The summed E-state index contributed by atoms with van der Waals surface area (Å²) in [4.78, 5) is 131. The van der Waals surface area contributed by atoms with Gasteiger partial charge < -0.3 is 38.5 Å². The number of allylic oxidation sites excluding steroid dienone is 4. The number of pyridine rings is 2. The fourth-order valence-electron chi connectivity index (χ4n) is 18.4. The van der Waals surface area contributed by atoms with Gasteiger partial charge in [0.1, 0.15) is 37.0 Å². The van der Waals surface area contributed by atoms with Crippen molar-refractivity contribution >= 4 is 99.7 Å². The number of Topliss-reactive ketones (excluding diaryl/α,β-unsaturated/α-hetero) is 4. The van der Waals surface area contributed by atoms with Gasteiger partial charge in [0.2, 0.25) is 55.4 Å². The SMILES string of the molecule is C[C@@H]1CC/C=C\[C@@H]2C[C@@]2(C(=O)NS(=O)(=O)C2CC2)CC(=O)[C@@H]2C[C@@H](Oc3nccc4c5c(ccc34)N(C)CCO5)CN2C(=O)[C@H](CC(=O)CC(C)(C)C)[C@H](C)C1.C[C@H]1CC/C=C\[C@@H]2C[C@@]2(C(=O)NS(=O)(=O)C2CC2)CC(=O)[C@@H]2C[C@@H](Oc3nccc4c5c(ccc34)N(C)CCO5)CN2C(=O)[C@H](CC(=O)CC(C)(C)C)[C@H](C)C1. The second-order valence-corrected chi connectivity index (χ2v) is 41.1. The van der Waals surface area contributed by atoms with Gasteiger partial charge in [0.05, 0.1) is 71.0 Å². The number of ketones is 4. The third-order valence-corrected chi connectivity index (χ3v) is 28.7. The Balaban J connectivity index is 0.000000196. The van der Waals surface area contributed by atoms with Crippen LogP contribution in [0.25, 0.3) is 21.5 Å². The summed E-state index contributed by atoms with van der Waals surface area (Å²) in [6.07, 6.45) is 18.2. The normalized spacial score (nSPS) is 30.6. The Labute approximate surface area is 660 Å². The highest BCUT2D eigenvalue weighted by molar-refractivity contribution is 7.91. The monoisotopic (exact) mass is 1580 g/mol. The highest BCUT2D eigenvalue weighted by Gasteiger charge is 2.64. The number of hydrogen-bond donors (Lipinski definition) is 2. The van der Waals surface area contributed by atoms with E-state index >= 15 is 0 Å². The van der Waals surface area contributed by atoms with Crippen LogP contribution < -0.4 is 38.2 Å². The van der Waals surface area contributed by atoms with Crippen LogP contribution in [0, 0.1) is 69.0 Å². The number of rotatable bonds is 16. The van der Waals surface area contributed by atoms with Crippen molar-refractivity contribution in [3.05, 3.63) is 73.1 Å². The molecule has 0 bridgehead atoms. The number of benzene rings is 2. The molecule has 4 amide bonds. The number of nitrogens with zero attached hydrogens (tertiary/aromatic N) is 6. The maximum absolute atomic E-state index is 15.0. The van der Waals surface area contributed by atoms with Gasteiger partial charge in [0.25, 0.3) is 0 Å². The van der Waals surface area contributed by atoms with Crippen molar-refractivity contribution in [3.8, 4) is 23.3 Å². The van der Waals surface area contributed by atoms with E-state index in [1.54, 1.807) is 22.2 Å². The van der Waals surface area contributed by atoms with Gasteiger partial charge in [-0.3, -0.25) is 47.8 Å². The molecule has 0 unspecified atom stereocenters. The number of fused-ring (bicyclic) bond motifs is 10. The topological polar surface area (TPSA) is 305 Å². The van der Waals surface area contributed by atoms with E-state index < -0.39 is 89.3 Å². The molecule has 112 heavy (non-hydrogen) atoms. The standard InChI is InChI=1S/2C43H58N4O8S/c2*1-26-9-7-8-10-28-22-43(28,41(51)45-56(52,53)31-11-12-31)24-37(49)36-21-30(25-47(36)40(50)34(27(2)19-26)20-29(48)23-42(3,4)5)55-39-33-13-14-35-38(32(33)15-16-44-39)54-18-17-46(35)6/h2*8,10,13-16,26-28,30-31,34,36H,7,9,11-12,17-25H2,1-6H3,(H,45,51)/b2*10-8-/t26-,27+,28+,30+,34+,36-,43+;26-,27-,28-,30-,34-,36+,43-/m01/s1. The molecule has 4 saturated carbocycles. The first kappa shape index (κ1) is 82.0. The first-order valence-electron chi connectivity index (χ1n) is 40.9. The smallest absolute Gasteiger partial charge is 0.240 e. The van der Waals surface area contributed by atoms with Crippen molar-refractivity contribution in [3.63, 3.8) is 0 Å². The van der Waals surface area contributed by atoms with E-state index in [4.69, 9.17) is 18.9 Å². The molecule has 8 heterocycles. The van der Waals surface area contributed by atoms with Crippen molar-refractivity contribution < 1.29 is 74.1 Å². The van der Waals surface area contributed by atoms with Gasteiger partial charge in [-0.05, 0) is 160 Å². The maximum Gasteiger partial charge on any atom is 0.240 e. The third kappa shape index (κ3) is 18.4. The summed E-state index contributed by atoms with van der Waals surface area (Å²) in [5.41, 5.74) is -1.02. The summed E-state index contributed by atoms with van der Waals surface area (Å²) >= 11 is 0. The van der Waals surface area contributed by atoms with Crippen molar-refractivity contribution in [1.29, 1.82) is 0 Å². The number of anilines is 2. The lowest BCUT2D eigenvalue weighted by Gasteiger charge is -2.32. The van der Waals surface area contributed by atoms with Gasteiger partial charge >= 0.3 is 0 Å². The lowest BCUT2D eigenvalue weighted by Crippen LogP contribution is -2.47. The van der Waals surface area contributed by atoms with E-state index in [1.807, 2.05) is 130 Å². The molecular formula is C86H116N8O16S2. The predicted molar refractivity (Wildman–Crippen MR) is 428 cm³/mol. The summed E-state index contributed by atoms with van der Waals surface area (Å²) in [5, 5.41) is 2.02. The van der Waals surface area contributed by atoms with Crippen molar-refractivity contribution in [2.24, 2.45) is 69.0 Å². The molecule has 0 spiro atoms. The molecule has 10 aliphatic rings. The molecule has 2 N–H and O–H groups in total. The van der Waals surface area contributed by atoms with Crippen LogP contribution in [0.15, 0.2) is 73.1 Å². The fraction of sp³-hybridized carbons (Fsp3) is 0.651. The molecule has 24 nitrogen and oxygen atoms in total. The molecule has 2 aromatic carbocycles. The average molecular weight is 1580 g/mol. The van der Waals surface area contributed by atoms with Crippen LogP contribution in [-0.2, 0) is 58.4 Å². The van der Waals surface area contributed by atoms with Crippen LogP contribution >= 0.6 is 0 Å². The van der Waals surface area contributed by atoms with Crippen LogP contribution in [0.4, 0.5) is 11.4 Å². The Bertz CT molecular complexity index is 4330. The van der Waals surface area contributed by atoms with Crippen LogP contribution in [0.5, 0.6) is 23.3 Å². The number of amides is 4. The number of carbonyl (C=O) groups excluding carboxylic acids is 8. The molecule has 6 aliphatic heterocycles. The van der Waals surface area contributed by atoms with E-state index in [1.165, 1.54) is 0 Å². The molecule has 6 fully saturated rings. The van der Waals surface area contributed by atoms with Crippen LogP contribution in [-0.4, -0.2) is 172 Å². The fourth-order valence-corrected chi connectivity index (χ4v) is 21.2. The number of hydrogen-bond acceptors (Lipinski definition) is 20. The quantitative estimate of drug-likeness (QED) is 0.0985. The largest absolute Gasteiger partial charge is 0.489 e. The summed E-state index contributed by atoms with van der Waals surface area (Å²) in [6, 6.07) is 9.77. The molecule has 4 aromatic rings. The summed E-state index contributed by atoms with van der Waals surface area (Å²) in [7, 11) is -3.65. The van der Waals surface area contributed by atoms with Crippen molar-refractivity contribution in [2.75, 3.05) is 63.3 Å². The first-order chi connectivity index (χ1) is 52.9. The Hall–Kier alpha value is -8.00. The van der Waals surface area contributed by atoms with Crippen molar-refractivity contribution in [1.82, 2.24) is 29.2 Å². The van der Waals surface area contributed by atoms with E-state index in [9.17, 15) is 55.2 Å². The van der Waals surface area contributed by atoms with Crippen LogP contribution in [0.3, 0.4) is 0 Å². The number of aromatic nitrogens is 2. The number of ether oxygens (including phenoxy) is 4. The minimum absolute atomic E-state index is 0.00976. The lowest BCUT2D eigenvalue weighted by atomic mass is 9.79. The number of likely N-dealkylation sites (N-methyl/N-ethyl adjacent to an activating group) is 2. The van der Waals surface area contributed by atoms with E-state index in [0.717, 1.165) is 96.0 Å². The highest BCUT2D eigenvalue weighted by atomic mass is 32.2. The highest BCUT2D eigenvalue weighted by Crippen LogP contribution is 2.59. The third-order valence-electron chi connectivity index (χ3n) is 25.1. The summed E-state index contributed by atoms with van der Waals surface area (Å²) in [6.45, 7) is 23.3. The molecular weight excluding hydrogens is 1470 g/mol. The zero-order valence-electron chi connectivity index (χ0n) is 67.4. The second-order valence-electron chi connectivity index (χ2n) is 37.1. The van der Waals surface area contributed by atoms with Gasteiger partial charge in [0, 0.05) is 111 Å². The molecule has 14 atom stereocenters. The van der Waals surface area contributed by atoms with Gasteiger partial charge in [-0.15, -0.1) is 0 Å². The Kier molecular flexibility index (Phi) is 23.7. The summed E-state index contributed by atoms with van der Waals surface area (Å²) in [5.74, 6) is -1.85. The van der Waals surface area contributed by atoms with E-state index in [2.05, 4.69) is 43.1 Å². The minimum Gasteiger partial charge on any atom is -0.489 e. The molecule has 2 saturated heterocycles. The maximum atomic E-state index is 15.0. The lowest BCUT2D eigenvalue weighted by molar-refractivity contribution is -0.145. The first-order valence-corrected chi connectivity index (χ1v) is 44.0. The Morgan fingerprint density at radius 2 is 0.920 bits per heavy atom. The molecule has 14 rings (SSSR count). The molecule has 26 heteroatoms. The zero-order chi connectivity index (χ0) is 80.3. The second kappa shape index (κ2) is 32.4. The molecule has 2 aromatic heterocycles. The number of carbonyl (C=O) groups is 8. The molecule has 0 radical (unpaired) electrons. The molecule has 608 valence electrons. The molecule has 4 aliphatic carbocycles. The van der Waals surface area contributed by atoms with E-state index in [-0.39, 0.29) is 133 Å². The summed E-state index contributed by atoms with van der Waals surface area (Å²) < 4.78 is 81.9. The minimum atomic E-state index is -3.84. The van der Waals surface area contributed by atoms with Gasteiger partial charge in [-0.1, -0.05) is 93.5 Å². The van der Waals surface area contributed by atoms with E-state index in [0.29, 0.717) is 76.3 Å². The zero-order valence-corrected chi connectivity index (χ0v) is 69.1. The predicted octanol–water partition coefficient (Wildman–Crippen LogP) is 12.0. The van der Waals surface area contributed by atoms with Crippen LogP contribution in [0.2, 0.25) is 0 Å². The van der Waals surface area contributed by atoms with Gasteiger partial charge in [0.15, 0.2) is 23.1 Å². The van der Waals surface area contributed by atoms with Crippen LogP contribution in [0.1, 0.15) is 198 Å². The average Bonchev–Trinajstić information content (AvgIpc) is 1.58.